The first kappa shape index (κ1) is 24.4. The Morgan fingerprint density at radius 1 is 0.788 bits per heavy atom. The van der Waals surface area contributed by atoms with Crippen molar-refractivity contribution in [1.82, 2.24) is 0 Å². The molecule has 33 heavy (non-hydrogen) atoms. The maximum Gasteiger partial charge on any atom is 0.673 e. The van der Waals surface area contributed by atoms with E-state index in [1.165, 1.54) is 38.5 Å². The summed E-state index contributed by atoms with van der Waals surface area (Å²) in [5.41, 5.74) is 7.40. The van der Waals surface area contributed by atoms with Crippen molar-refractivity contribution >= 4 is 29.1 Å². The van der Waals surface area contributed by atoms with E-state index in [2.05, 4.69) is 67.9 Å². The average Bonchev–Trinajstić information content (AvgIpc) is 2.74. The summed E-state index contributed by atoms with van der Waals surface area (Å²) in [5, 5.41) is 2.41. The van der Waals surface area contributed by atoms with E-state index in [1.807, 2.05) is 19.1 Å². The Hall–Kier alpha value is -3.29. The minimum Gasteiger partial charge on any atom is -0.497 e. The van der Waals surface area contributed by atoms with Gasteiger partial charge in [-0.2, -0.15) is 4.57 Å². The van der Waals surface area contributed by atoms with Crippen LogP contribution in [-0.2, 0) is 7.05 Å². The number of halogens is 4. The highest BCUT2D eigenvalue weighted by Crippen LogP contribution is 2.39. The third-order valence-electron chi connectivity index (χ3n) is 5.48. The van der Waals surface area contributed by atoms with Gasteiger partial charge in [-0.1, -0.05) is 18.2 Å². The van der Waals surface area contributed by atoms with Gasteiger partial charge in [-0.25, -0.2) is 0 Å². The van der Waals surface area contributed by atoms with Crippen LogP contribution in [0.1, 0.15) is 18.1 Å². The maximum atomic E-state index is 9.75. The van der Waals surface area contributed by atoms with Gasteiger partial charge in [0.15, 0.2) is 0 Å². The van der Waals surface area contributed by atoms with Crippen LogP contribution in [-0.4, -0.2) is 21.0 Å². The molecule has 1 aromatic heterocycles. The third kappa shape index (κ3) is 5.38. The largest absolute Gasteiger partial charge is 0.673 e. The quantitative estimate of drug-likeness (QED) is 0.145. The van der Waals surface area contributed by atoms with E-state index in [4.69, 9.17) is 9.47 Å². The molecule has 0 bridgehead atoms. The Kier molecular flexibility index (Phi) is 7.15. The smallest absolute Gasteiger partial charge is 0.497 e. The standard InChI is InChI=1S/C25H26NO2.BF4/c1-6-28-19-11-13-22-21(14-19)25(24-16(2)8-7-9-17(24)3)20-12-10-18(27-5)15-23(20)26(22)4;2-1(3,4)5/h7-15H,6H2,1-5H3;/q+1;-1. The van der Waals surface area contributed by atoms with Crippen LogP contribution in [0.15, 0.2) is 54.6 Å². The van der Waals surface area contributed by atoms with Gasteiger partial charge in [-0.3, -0.25) is 0 Å². The first-order chi connectivity index (χ1) is 15.5. The van der Waals surface area contributed by atoms with Crippen molar-refractivity contribution in [2.45, 2.75) is 20.8 Å². The molecule has 0 aliphatic carbocycles. The normalized spacial score (nSPS) is 11.3. The molecule has 0 aliphatic heterocycles. The molecule has 174 valence electrons. The molecule has 4 aromatic rings. The van der Waals surface area contributed by atoms with Crippen molar-refractivity contribution in [2.75, 3.05) is 13.7 Å². The molecule has 0 spiro atoms. The van der Waals surface area contributed by atoms with Crippen molar-refractivity contribution in [1.29, 1.82) is 0 Å². The van der Waals surface area contributed by atoms with Gasteiger partial charge in [-0.05, 0) is 61.7 Å². The third-order valence-corrected chi connectivity index (χ3v) is 5.48. The molecule has 0 saturated carbocycles. The Balaban J connectivity index is 0.000000555. The molecule has 0 aliphatic rings. The minimum absolute atomic E-state index is 0.654. The predicted octanol–water partition coefficient (Wildman–Crippen LogP) is 6.81. The molecule has 0 radical (unpaired) electrons. The van der Waals surface area contributed by atoms with Crippen LogP contribution in [0, 0.1) is 13.8 Å². The summed E-state index contributed by atoms with van der Waals surface area (Å²) in [6.45, 7) is 7.04. The van der Waals surface area contributed by atoms with Gasteiger partial charge in [0, 0.05) is 11.6 Å². The zero-order valence-electron chi connectivity index (χ0n) is 19.3. The second-order valence-electron chi connectivity index (χ2n) is 7.69. The van der Waals surface area contributed by atoms with Crippen molar-refractivity contribution < 1.29 is 31.3 Å². The van der Waals surface area contributed by atoms with Crippen LogP contribution in [0.2, 0.25) is 0 Å². The van der Waals surface area contributed by atoms with E-state index in [-0.39, 0.29) is 0 Å². The lowest BCUT2D eigenvalue weighted by Gasteiger charge is -2.16. The zero-order valence-corrected chi connectivity index (χ0v) is 19.3. The fraction of sp³-hybridized carbons (Fsp3) is 0.240. The predicted molar refractivity (Wildman–Crippen MR) is 125 cm³/mol. The fourth-order valence-electron chi connectivity index (χ4n) is 4.14. The number of rotatable bonds is 4. The van der Waals surface area contributed by atoms with Crippen molar-refractivity contribution in [3.05, 3.63) is 65.7 Å². The zero-order chi connectivity index (χ0) is 24.3. The molecular formula is C25H26BF4NO2. The van der Waals surface area contributed by atoms with Crippen LogP contribution >= 0.6 is 0 Å². The molecule has 4 rings (SSSR count). The van der Waals surface area contributed by atoms with E-state index in [0.717, 1.165) is 17.0 Å². The summed E-state index contributed by atoms with van der Waals surface area (Å²) >= 11 is 0. The van der Waals surface area contributed by atoms with Crippen LogP contribution in [0.4, 0.5) is 17.3 Å². The molecule has 3 aromatic carbocycles. The van der Waals surface area contributed by atoms with Crippen molar-refractivity contribution in [2.24, 2.45) is 7.05 Å². The number of hydrogen-bond donors (Lipinski definition) is 0. The molecule has 0 atom stereocenters. The molecule has 0 unspecified atom stereocenters. The van der Waals surface area contributed by atoms with Gasteiger partial charge in [0.1, 0.15) is 18.5 Å². The molecule has 3 nitrogen and oxygen atoms in total. The maximum absolute atomic E-state index is 9.75. The Bertz CT molecular complexity index is 1280. The Labute approximate surface area is 190 Å². The van der Waals surface area contributed by atoms with E-state index in [0.29, 0.717) is 6.61 Å². The summed E-state index contributed by atoms with van der Waals surface area (Å²) in [5.74, 6) is 1.76. The fourth-order valence-corrected chi connectivity index (χ4v) is 4.14. The summed E-state index contributed by atoms with van der Waals surface area (Å²) in [6, 6.07) is 19.2. The lowest BCUT2D eigenvalue weighted by atomic mass is 9.90. The van der Waals surface area contributed by atoms with Gasteiger partial charge >= 0.3 is 7.25 Å². The highest BCUT2D eigenvalue weighted by Gasteiger charge is 2.22. The number of methoxy groups -OCH3 is 1. The molecule has 0 saturated heterocycles. The molecular weight excluding hydrogens is 433 g/mol. The van der Waals surface area contributed by atoms with Gasteiger partial charge in [0.2, 0.25) is 11.0 Å². The number of nitrogens with zero attached hydrogens (tertiary/aromatic N) is 1. The van der Waals surface area contributed by atoms with E-state index >= 15 is 0 Å². The van der Waals surface area contributed by atoms with Crippen LogP contribution in [0.25, 0.3) is 32.9 Å². The number of hydrogen-bond acceptors (Lipinski definition) is 2. The highest BCUT2D eigenvalue weighted by atomic mass is 19.5. The monoisotopic (exact) mass is 459 g/mol. The summed E-state index contributed by atoms with van der Waals surface area (Å²) in [4.78, 5) is 0. The van der Waals surface area contributed by atoms with Crippen molar-refractivity contribution in [3.8, 4) is 22.6 Å². The topological polar surface area (TPSA) is 22.3 Å². The van der Waals surface area contributed by atoms with Crippen LogP contribution in [0.5, 0.6) is 11.5 Å². The molecule has 0 amide bonds. The molecule has 0 fully saturated rings. The lowest BCUT2D eigenvalue weighted by Crippen LogP contribution is -2.30. The second kappa shape index (κ2) is 9.69. The van der Waals surface area contributed by atoms with E-state index < -0.39 is 7.25 Å². The Morgan fingerprint density at radius 3 is 1.97 bits per heavy atom. The molecule has 1 heterocycles. The van der Waals surface area contributed by atoms with E-state index in [9.17, 15) is 17.3 Å². The number of ether oxygens (including phenoxy) is 2. The number of fused-ring (bicyclic) bond motifs is 2. The van der Waals surface area contributed by atoms with Gasteiger partial charge in [-0.15, -0.1) is 0 Å². The second-order valence-corrected chi connectivity index (χ2v) is 7.69. The number of aromatic nitrogens is 1. The first-order valence-corrected chi connectivity index (χ1v) is 10.5. The number of benzene rings is 3. The highest BCUT2D eigenvalue weighted by molar-refractivity contribution is 6.50. The van der Waals surface area contributed by atoms with Crippen LogP contribution in [0.3, 0.4) is 0 Å². The lowest BCUT2D eigenvalue weighted by molar-refractivity contribution is -0.617. The summed E-state index contributed by atoms with van der Waals surface area (Å²) in [6.07, 6.45) is 0. The first-order valence-electron chi connectivity index (χ1n) is 10.5. The van der Waals surface area contributed by atoms with Gasteiger partial charge in [0.25, 0.3) is 0 Å². The SMILES string of the molecule is CCOc1ccc2c(c1)c(-c1c(C)cccc1C)c1ccc(OC)cc1[n+]2C.F[B-](F)(F)F. The summed E-state index contributed by atoms with van der Waals surface area (Å²) in [7, 11) is -2.18. The summed E-state index contributed by atoms with van der Waals surface area (Å²) < 4.78 is 52.6. The molecule has 8 heteroatoms. The number of pyridine rings is 1. The average molecular weight is 459 g/mol. The molecule has 0 N–H and O–H groups in total. The van der Waals surface area contributed by atoms with Gasteiger partial charge < -0.3 is 26.7 Å². The number of aryl methyl sites for hydroxylation is 3. The van der Waals surface area contributed by atoms with Crippen LogP contribution < -0.4 is 14.0 Å². The minimum atomic E-state index is -6.00. The van der Waals surface area contributed by atoms with E-state index in [1.54, 1.807) is 7.11 Å². The van der Waals surface area contributed by atoms with Crippen molar-refractivity contribution in [3.63, 3.8) is 0 Å². The Morgan fingerprint density at radius 2 is 1.39 bits per heavy atom. The van der Waals surface area contributed by atoms with Gasteiger partial charge in [0.05, 0.1) is 30.6 Å².